The van der Waals surface area contributed by atoms with Crippen molar-refractivity contribution >= 4 is 10.4 Å². The van der Waals surface area contributed by atoms with E-state index < -0.39 is 10.4 Å². The first kappa shape index (κ1) is 18.2. The maximum Gasteiger partial charge on any atom is 0.217 e. The van der Waals surface area contributed by atoms with E-state index in [4.69, 9.17) is 0 Å². The number of hydrogen-bond acceptors (Lipinski definition) is 5. The van der Waals surface area contributed by atoms with Crippen molar-refractivity contribution < 1.29 is 21.6 Å². The van der Waals surface area contributed by atoms with Crippen LogP contribution < -0.4 is 5.32 Å². The van der Waals surface area contributed by atoms with Crippen molar-refractivity contribution in [1.82, 2.24) is 5.32 Å². The Morgan fingerprint density at radius 1 is 1.38 bits per heavy atom. The highest BCUT2D eigenvalue weighted by molar-refractivity contribution is 7.80. The molecule has 100 valence electrons. The minimum absolute atomic E-state index is 0.808. The molecule has 0 fully saturated rings. The zero-order chi connectivity index (χ0) is 13.2. The normalized spacial score (nSPS) is 11.9. The van der Waals surface area contributed by atoms with E-state index in [0.717, 1.165) is 18.1 Å². The van der Waals surface area contributed by atoms with Gasteiger partial charge in [0.1, 0.15) is 0 Å². The van der Waals surface area contributed by atoms with E-state index in [0.29, 0.717) is 0 Å². The van der Waals surface area contributed by atoms with Gasteiger partial charge in [-0.05, 0) is 14.0 Å². The number of hydrogen-bond donors (Lipinski definition) is 1. The lowest BCUT2D eigenvalue weighted by Crippen LogP contribution is -2.40. The van der Waals surface area contributed by atoms with Crippen molar-refractivity contribution in [1.29, 1.82) is 0 Å². The van der Waals surface area contributed by atoms with Gasteiger partial charge in [0.25, 0.3) is 0 Å². The van der Waals surface area contributed by atoms with Crippen molar-refractivity contribution in [3.63, 3.8) is 0 Å². The Kier molecular flexibility index (Phi) is 10.1. The Hall–Kier alpha value is -0.210. The van der Waals surface area contributed by atoms with Crippen LogP contribution in [0.15, 0.2) is 0 Å². The molecule has 0 radical (unpaired) electrons. The SMILES string of the molecule is CC[N+](C)(C)CCCNC.COS(=O)(=O)[O-]. The van der Waals surface area contributed by atoms with E-state index in [1.165, 1.54) is 19.5 Å². The van der Waals surface area contributed by atoms with Gasteiger partial charge in [0.15, 0.2) is 0 Å². The van der Waals surface area contributed by atoms with E-state index in [9.17, 15) is 13.0 Å². The fourth-order valence-electron chi connectivity index (χ4n) is 0.842. The molecule has 0 rings (SSSR count). The average molecular weight is 256 g/mol. The van der Waals surface area contributed by atoms with Gasteiger partial charge in [-0.2, -0.15) is 0 Å². The molecule has 6 nitrogen and oxygen atoms in total. The maximum atomic E-state index is 9.22. The topological polar surface area (TPSA) is 78.5 Å². The number of rotatable bonds is 6. The molecule has 0 spiro atoms. The van der Waals surface area contributed by atoms with Gasteiger partial charge in [-0.15, -0.1) is 0 Å². The van der Waals surface area contributed by atoms with Gasteiger partial charge >= 0.3 is 0 Å². The summed E-state index contributed by atoms with van der Waals surface area (Å²) in [5.74, 6) is 0. The van der Waals surface area contributed by atoms with Crippen LogP contribution in [0.5, 0.6) is 0 Å². The number of quaternary nitrogens is 1. The molecule has 0 saturated heterocycles. The first-order valence-corrected chi connectivity index (χ1v) is 6.50. The number of nitrogens with one attached hydrogen (secondary N) is 1. The van der Waals surface area contributed by atoms with Crippen LogP contribution in [-0.2, 0) is 14.6 Å². The van der Waals surface area contributed by atoms with Gasteiger partial charge in [-0.25, -0.2) is 8.42 Å². The summed E-state index contributed by atoms with van der Waals surface area (Å²) < 4.78 is 32.2. The second-order valence-corrected chi connectivity index (χ2v) is 5.16. The molecule has 0 bridgehead atoms. The molecule has 0 aromatic carbocycles. The second-order valence-electron chi connectivity index (χ2n) is 4.01. The van der Waals surface area contributed by atoms with Crippen LogP contribution in [0, 0.1) is 0 Å². The molecule has 1 N–H and O–H groups in total. The van der Waals surface area contributed by atoms with E-state index >= 15 is 0 Å². The maximum absolute atomic E-state index is 9.22. The molecule has 7 heteroatoms. The third-order valence-corrected chi connectivity index (χ3v) is 2.66. The first-order chi connectivity index (χ1) is 7.18. The molecule has 0 aliphatic rings. The average Bonchev–Trinajstić information content (AvgIpc) is 2.18. The van der Waals surface area contributed by atoms with Gasteiger partial charge in [0.2, 0.25) is 10.4 Å². The highest BCUT2D eigenvalue weighted by Crippen LogP contribution is 1.96. The lowest BCUT2D eigenvalue weighted by atomic mass is 10.3. The van der Waals surface area contributed by atoms with Crippen LogP contribution in [0.1, 0.15) is 13.3 Å². The summed E-state index contributed by atoms with van der Waals surface area (Å²) in [5, 5.41) is 3.15. The van der Waals surface area contributed by atoms with Crippen LogP contribution in [-0.4, -0.2) is 65.3 Å². The predicted molar refractivity (Wildman–Crippen MR) is 62.8 cm³/mol. The zero-order valence-electron chi connectivity index (χ0n) is 10.8. The van der Waals surface area contributed by atoms with Gasteiger partial charge < -0.3 is 14.4 Å². The monoisotopic (exact) mass is 256 g/mol. The van der Waals surface area contributed by atoms with Crippen LogP contribution >= 0.6 is 0 Å². The molecule has 0 unspecified atom stereocenters. The van der Waals surface area contributed by atoms with Crippen molar-refractivity contribution in [2.45, 2.75) is 13.3 Å². The molecule has 0 saturated carbocycles. The Morgan fingerprint density at radius 2 is 1.81 bits per heavy atom. The van der Waals surface area contributed by atoms with Crippen LogP contribution in [0.4, 0.5) is 0 Å². The summed E-state index contributed by atoms with van der Waals surface area (Å²) in [6, 6.07) is 0. The molecule has 0 heterocycles. The molecule has 0 amide bonds. The minimum atomic E-state index is -4.41. The highest BCUT2D eigenvalue weighted by Gasteiger charge is 2.09. The highest BCUT2D eigenvalue weighted by atomic mass is 32.3. The Labute approximate surface area is 99.1 Å². The van der Waals surface area contributed by atoms with Crippen molar-refractivity contribution in [3.05, 3.63) is 0 Å². The lowest BCUT2D eigenvalue weighted by molar-refractivity contribution is -0.888. The van der Waals surface area contributed by atoms with Crippen LogP contribution in [0.25, 0.3) is 0 Å². The fourth-order valence-corrected chi connectivity index (χ4v) is 0.842. The van der Waals surface area contributed by atoms with E-state index in [1.54, 1.807) is 0 Å². The number of nitrogens with zero attached hydrogens (tertiary/aromatic N) is 1. The summed E-state index contributed by atoms with van der Waals surface area (Å²) in [7, 11) is 2.95. The quantitative estimate of drug-likeness (QED) is 0.308. The molecule has 0 atom stereocenters. The molecule has 16 heavy (non-hydrogen) atoms. The van der Waals surface area contributed by atoms with Crippen molar-refractivity contribution in [3.8, 4) is 0 Å². The van der Waals surface area contributed by atoms with E-state index in [1.807, 2.05) is 7.05 Å². The smallest absolute Gasteiger partial charge is 0.217 e. The standard InChI is InChI=1S/C8H21N2.CH4O4S/c1-5-10(3,4)8-6-7-9-2;1-5-6(2,3)4/h9H,5-8H2,1-4H3;1H3,(H,2,3,4)/q+1;/p-1. The summed E-state index contributed by atoms with van der Waals surface area (Å²) in [6.45, 7) is 5.88. The van der Waals surface area contributed by atoms with Crippen LogP contribution in [0.3, 0.4) is 0 Å². The molecule has 0 aliphatic carbocycles. The Balaban J connectivity index is 0. The molecule has 0 aromatic rings. The van der Waals surface area contributed by atoms with Gasteiger partial charge in [-0.3, -0.25) is 4.18 Å². The van der Waals surface area contributed by atoms with E-state index in [2.05, 4.69) is 30.5 Å². The van der Waals surface area contributed by atoms with Gasteiger partial charge in [-0.1, -0.05) is 0 Å². The van der Waals surface area contributed by atoms with Crippen molar-refractivity contribution in [2.75, 3.05) is 47.9 Å². The second kappa shape index (κ2) is 8.89. The van der Waals surface area contributed by atoms with Gasteiger partial charge in [0, 0.05) is 13.0 Å². The zero-order valence-corrected chi connectivity index (χ0v) is 11.6. The summed E-state index contributed by atoms with van der Waals surface area (Å²) >= 11 is 0. The summed E-state index contributed by atoms with van der Waals surface area (Å²) in [5.41, 5.74) is 0. The molecule has 0 aromatic heterocycles. The van der Waals surface area contributed by atoms with Gasteiger partial charge in [0.05, 0.1) is 34.3 Å². The predicted octanol–water partition coefficient (Wildman–Crippen LogP) is -0.215. The Morgan fingerprint density at radius 3 is 2.06 bits per heavy atom. The first-order valence-electron chi connectivity index (χ1n) is 5.16. The third-order valence-electron chi connectivity index (χ3n) is 2.25. The minimum Gasteiger partial charge on any atom is -0.726 e. The van der Waals surface area contributed by atoms with Crippen LogP contribution in [0.2, 0.25) is 0 Å². The third kappa shape index (κ3) is 16.2. The molecular formula is C9H24N2O4S. The molecular weight excluding hydrogens is 232 g/mol. The summed E-state index contributed by atoms with van der Waals surface area (Å²) in [4.78, 5) is 0. The molecule has 0 aliphatic heterocycles. The Bertz CT molecular complexity index is 252. The fraction of sp³-hybridized carbons (Fsp3) is 1.00. The lowest BCUT2D eigenvalue weighted by Gasteiger charge is -2.27. The summed E-state index contributed by atoms with van der Waals surface area (Å²) in [6.07, 6.45) is 1.28. The van der Waals surface area contributed by atoms with E-state index in [-0.39, 0.29) is 0 Å². The largest absolute Gasteiger partial charge is 0.726 e. The van der Waals surface area contributed by atoms with Crippen molar-refractivity contribution in [2.24, 2.45) is 0 Å².